The summed E-state index contributed by atoms with van der Waals surface area (Å²) in [5, 5.41) is 7.82. The molecule has 1 saturated heterocycles. The molecule has 1 aromatic carbocycles. The molecule has 1 fully saturated rings. The first kappa shape index (κ1) is 14.4. The van der Waals surface area contributed by atoms with Crippen molar-refractivity contribution in [1.29, 1.82) is 0 Å². The van der Waals surface area contributed by atoms with Crippen LogP contribution < -0.4 is 10.5 Å². The van der Waals surface area contributed by atoms with Crippen LogP contribution in [0, 0.1) is 0 Å². The van der Waals surface area contributed by atoms with Gasteiger partial charge in [-0.15, -0.1) is 11.8 Å². The predicted molar refractivity (Wildman–Crippen MR) is 76.5 cm³/mol. The van der Waals surface area contributed by atoms with Crippen LogP contribution in [0.25, 0.3) is 0 Å². The first-order valence-corrected chi connectivity index (χ1v) is 8.43. The SMILES string of the molecule is CC1(C(=O)Nc2ccccc2S(N)(=O)=O)CCCS1. The van der Waals surface area contributed by atoms with Crippen molar-refractivity contribution in [3.63, 3.8) is 0 Å². The Morgan fingerprint density at radius 3 is 2.68 bits per heavy atom. The average molecular weight is 300 g/mol. The number of nitrogens with two attached hydrogens (primary N) is 1. The van der Waals surface area contributed by atoms with Crippen LogP contribution in [-0.2, 0) is 14.8 Å². The van der Waals surface area contributed by atoms with Gasteiger partial charge in [-0.25, -0.2) is 13.6 Å². The Kier molecular flexibility index (Phi) is 3.89. The number of rotatable bonds is 3. The number of amides is 1. The first-order chi connectivity index (χ1) is 8.83. The van der Waals surface area contributed by atoms with Crippen molar-refractivity contribution in [1.82, 2.24) is 0 Å². The maximum atomic E-state index is 12.2. The fourth-order valence-corrected chi connectivity index (χ4v) is 3.93. The molecule has 1 amide bonds. The largest absolute Gasteiger partial charge is 0.324 e. The standard InChI is InChI=1S/C12H16N2O3S2/c1-12(7-4-8-18-12)11(15)14-9-5-2-3-6-10(9)19(13,16)17/h2-3,5-6H,4,7-8H2,1H3,(H,14,15)(H2,13,16,17). The number of para-hydroxylation sites is 1. The average Bonchev–Trinajstić information content (AvgIpc) is 2.77. The summed E-state index contributed by atoms with van der Waals surface area (Å²) in [5.41, 5.74) is 0.240. The van der Waals surface area contributed by atoms with Gasteiger partial charge in [0.05, 0.1) is 10.4 Å². The zero-order valence-electron chi connectivity index (χ0n) is 10.5. The molecular weight excluding hydrogens is 284 g/mol. The van der Waals surface area contributed by atoms with E-state index < -0.39 is 14.8 Å². The Hall–Kier alpha value is -1.05. The maximum Gasteiger partial charge on any atom is 0.240 e. The van der Waals surface area contributed by atoms with Crippen LogP contribution in [-0.4, -0.2) is 24.8 Å². The Morgan fingerprint density at radius 1 is 1.42 bits per heavy atom. The zero-order valence-corrected chi connectivity index (χ0v) is 12.2. The minimum atomic E-state index is -3.84. The van der Waals surface area contributed by atoms with Gasteiger partial charge in [-0.2, -0.15) is 0 Å². The van der Waals surface area contributed by atoms with Gasteiger partial charge in [0.1, 0.15) is 4.90 Å². The van der Waals surface area contributed by atoms with Crippen LogP contribution in [0.15, 0.2) is 29.2 Å². The van der Waals surface area contributed by atoms with Gasteiger partial charge in [-0.05, 0) is 37.7 Å². The normalized spacial score (nSPS) is 23.3. The topological polar surface area (TPSA) is 89.3 Å². The quantitative estimate of drug-likeness (QED) is 0.886. The molecule has 1 heterocycles. The molecule has 0 aliphatic carbocycles. The number of nitrogens with one attached hydrogen (secondary N) is 1. The number of benzene rings is 1. The van der Waals surface area contributed by atoms with Crippen molar-refractivity contribution in [3.8, 4) is 0 Å². The van der Waals surface area contributed by atoms with Crippen LogP contribution in [0.2, 0.25) is 0 Å². The molecule has 1 aliphatic rings. The molecule has 1 aromatic rings. The second-order valence-electron chi connectivity index (χ2n) is 4.68. The van der Waals surface area contributed by atoms with Gasteiger partial charge >= 0.3 is 0 Å². The smallest absolute Gasteiger partial charge is 0.240 e. The Bertz CT molecular complexity index is 593. The number of thioether (sulfide) groups is 1. The summed E-state index contributed by atoms with van der Waals surface area (Å²) in [7, 11) is -3.84. The lowest BCUT2D eigenvalue weighted by Gasteiger charge is -2.22. The van der Waals surface area contributed by atoms with E-state index >= 15 is 0 Å². The van der Waals surface area contributed by atoms with Crippen molar-refractivity contribution in [2.45, 2.75) is 29.4 Å². The molecule has 0 aromatic heterocycles. The summed E-state index contributed by atoms with van der Waals surface area (Å²) in [6, 6.07) is 6.16. The van der Waals surface area contributed by atoms with E-state index in [-0.39, 0.29) is 16.5 Å². The van der Waals surface area contributed by atoms with Gasteiger partial charge < -0.3 is 5.32 Å². The number of sulfonamides is 1. The summed E-state index contributed by atoms with van der Waals surface area (Å²) in [6.45, 7) is 1.87. The van der Waals surface area contributed by atoms with Gasteiger partial charge in [0.2, 0.25) is 15.9 Å². The molecular formula is C12H16N2O3S2. The lowest BCUT2D eigenvalue weighted by molar-refractivity contribution is -0.118. The van der Waals surface area contributed by atoms with Crippen LogP contribution in [0.4, 0.5) is 5.69 Å². The molecule has 1 atom stereocenters. The van der Waals surface area contributed by atoms with Gasteiger partial charge in [-0.1, -0.05) is 12.1 Å². The van der Waals surface area contributed by atoms with E-state index in [1.54, 1.807) is 30.0 Å². The highest BCUT2D eigenvalue weighted by Crippen LogP contribution is 2.38. The number of hydrogen-bond donors (Lipinski definition) is 2. The van der Waals surface area contributed by atoms with Crippen molar-refractivity contribution in [2.24, 2.45) is 5.14 Å². The van der Waals surface area contributed by atoms with E-state index in [2.05, 4.69) is 5.32 Å². The van der Waals surface area contributed by atoms with E-state index in [1.165, 1.54) is 6.07 Å². The lowest BCUT2D eigenvalue weighted by atomic mass is 10.0. The van der Waals surface area contributed by atoms with Crippen LogP contribution in [0.5, 0.6) is 0 Å². The van der Waals surface area contributed by atoms with Crippen LogP contribution in [0.1, 0.15) is 19.8 Å². The molecule has 1 unspecified atom stereocenters. The van der Waals surface area contributed by atoms with Gasteiger partial charge in [-0.3, -0.25) is 4.79 Å². The monoisotopic (exact) mass is 300 g/mol. The summed E-state index contributed by atoms with van der Waals surface area (Å²) in [5.74, 6) is 0.770. The molecule has 1 aliphatic heterocycles. The number of primary sulfonamides is 1. The second kappa shape index (κ2) is 5.15. The van der Waals surface area contributed by atoms with Crippen molar-refractivity contribution >= 4 is 33.4 Å². The molecule has 0 saturated carbocycles. The Balaban J connectivity index is 2.27. The first-order valence-electron chi connectivity index (χ1n) is 5.90. The summed E-state index contributed by atoms with van der Waals surface area (Å²) >= 11 is 1.59. The van der Waals surface area contributed by atoms with Crippen molar-refractivity contribution < 1.29 is 13.2 Å². The molecule has 3 N–H and O–H groups in total. The van der Waals surface area contributed by atoms with E-state index in [9.17, 15) is 13.2 Å². The third kappa shape index (κ3) is 3.10. The van der Waals surface area contributed by atoms with Crippen molar-refractivity contribution in [2.75, 3.05) is 11.1 Å². The van der Waals surface area contributed by atoms with Crippen molar-refractivity contribution in [3.05, 3.63) is 24.3 Å². The molecule has 2 rings (SSSR count). The third-order valence-corrected chi connectivity index (χ3v) is 5.63. The summed E-state index contributed by atoms with van der Waals surface area (Å²) in [4.78, 5) is 12.2. The fourth-order valence-electron chi connectivity index (χ4n) is 2.03. The van der Waals surface area contributed by atoms with E-state index in [4.69, 9.17) is 5.14 Å². The van der Waals surface area contributed by atoms with Gasteiger partial charge in [0.25, 0.3) is 0 Å². The van der Waals surface area contributed by atoms with Crippen LogP contribution in [0.3, 0.4) is 0 Å². The molecule has 0 spiro atoms. The second-order valence-corrected chi connectivity index (χ2v) is 7.81. The maximum absolute atomic E-state index is 12.2. The lowest BCUT2D eigenvalue weighted by Crippen LogP contribution is -2.35. The number of carbonyl (C=O) groups is 1. The van der Waals surface area contributed by atoms with E-state index in [0.717, 1.165) is 18.6 Å². The predicted octanol–water partition coefficient (Wildman–Crippen LogP) is 1.56. The highest BCUT2D eigenvalue weighted by Gasteiger charge is 2.37. The Morgan fingerprint density at radius 2 is 2.11 bits per heavy atom. The summed E-state index contributed by atoms with van der Waals surface area (Å²) in [6.07, 6.45) is 1.78. The van der Waals surface area contributed by atoms with Crippen LogP contribution >= 0.6 is 11.8 Å². The fraction of sp³-hybridized carbons (Fsp3) is 0.417. The number of anilines is 1. The molecule has 19 heavy (non-hydrogen) atoms. The zero-order chi connectivity index (χ0) is 14.1. The Labute approximate surface area is 117 Å². The minimum Gasteiger partial charge on any atom is -0.324 e. The molecule has 104 valence electrons. The minimum absolute atomic E-state index is 0.0602. The number of carbonyl (C=O) groups excluding carboxylic acids is 1. The molecule has 0 radical (unpaired) electrons. The summed E-state index contributed by atoms with van der Waals surface area (Å²) < 4.78 is 22.4. The highest BCUT2D eigenvalue weighted by atomic mass is 32.2. The highest BCUT2D eigenvalue weighted by molar-refractivity contribution is 8.01. The van der Waals surface area contributed by atoms with Gasteiger partial charge in [0, 0.05) is 0 Å². The molecule has 5 nitrogen and oxygen atoms in total. The van der Waals surface area contributed by atoms with Gasteiger partial charge in [0.15, 0.2) is 0 Å². The molecule has 7 heteroatoms. The van der Waals surface area contributed by atoms with E-state index in [0.29, 0.717) is 0 Å². The molecule has 0 bridgehead atoms. The number of hydrogen-bond acceptors (Lipinski definition) is 4. The third-order valence-electron chi connectivity index (χ3n) is 3.14. The van der Waals surface area contributed by atoms with E-state index in [1.807, 2.05) is 6.92 Å².